The van der Waals surface area contributed by atoms with Crippen LogP contribution in [0.3, 0.4) is 0 Å². The molecule has 1 aliphatic rings. The van der Waals surface area contributed by atoms with E-state index in [4.69, 9.17) is 9.84 Å². The summed E-state index contributed by atoms with van der Waals surface area (Å²) in [6.45, 7) is 1.64. The molecule has 0 saturated carbocycles. The van der Waals surface area contributed by atoms with Crippen molar-refractivity contribution in [3.63, 3.8) is 0 Å². The molecular weight excluding hydrogens is 94.0 g/mol. The molecule has 0 aromatic rings. The molecule has 1 heterocycles. The van der Waals surface area contributed by atoms with Gasteiger partial charge in [-0.2, -0.15) is 0 Å². The molecule has 3 nitrogen and oxygen atoms in total. The molecule has 1 unspecified atom stereocenters. The number of rotatable bonds is 3. The van der Waals surface area contributed by atoms with Crippen molar-refractivity contribution < 1.29 is 9.84 Å². The number of aliphatic hydroxyl groups is 1. The van der Waals surface area contributed by atoms with Crippen molar-refractivity contribution in [3.05, 3.63) is 0 Å². The Morgan fingerprint density at radius 2 is 2.57 bits per heavy atom. The van der Waals surface area contributed by atoms with Gasteiger partial charge < -0.3 is 9.84 Å². The fraction of sp³-hybridized carbons (Fsp3) is 1.00. The Bertz CT molecular complexity index is 53.7. The highest BCUT2D eigenvalue weighted by Crippen LogP contribution is 2.01. The Hall–Kier alpha value is -0.120. The monoisotopic (exact) mass is 103 g/mol. The normalized spacial score (nSPS) is 27.9. The van der Waals surface area contributed by atoms with Gasteiger partial charge in [-0.1, -0.05) is 0 Å². The highest BCUT2D eigenvalue weighted by Gasteiger charge is 2.20. The Kier molecular flexibility index (Phi) is 1.62. The molecule has 42 valence electrons. The van der Waals surface area contributed by atoms with Crippen molar-refractivity contribution in [1.29, 1.82) is 0 Å². The molecule has 1 saturated heterocycles. The Balaban J connectivity index is 1.80. The van der Waals surface area contributed by atoms with Crippen molar-refractivity contribution in [2.75, 3.05) is 19.8 Å². The standard InChI is InChI=1S/C4H9NO2/c6-2-1-5-4-3-7-4/h4-6H,1-3H2. The molecular formula is C4H9NO2. The third-order valence-corrected chi connectivity index (χ3v) is 0.817. The summed E-state index contributed by atoms with van der Waals surface area (Å²) in [6, 6.07) is 0. The van der Waals surface area contributed by atoms with Gasteiger partial charge in [0.2, 0.25) is 0 Å². The second-order valence-electron chi connectivity index (χ2n) is 1.50. The molecule has 1 rings (SSSR count). The molecule has 0 aromatic carbocycles. The van der Waals surface area contributed by atoms with Crippen LogP contribution in [0.2, 0.25) is 0 Å². The van der Waals surface area contributed by atoms with Gasteiger partial charge >= 0.3 is 0 Å². The number of epoxide rings is 1. The Morgan fingerprint density at radius 3 is 3.00 bits per heavy atom. The average Bonchev–Trinajstić information content (AvgIpc) is 2.42. The minimum atomic E-state index is 0.194. The Morgan fingerprint density at radius 1 is 1.86 bits per heavy atom. The fourth-order valence-corrected chi connectivity index (χ4v) is 0.392. The molecule has 0 aliphatic carbocycles. The highest BCUT2D eigenvalue weighted by atomic mass is 16.6. The predicted molar refractivity (Wildman–Crippen MR) is 24.8 cm³/mol. The van der Waals surface area contributed by atoms with E-state index in [1.807, 2.05) is 0 Å². The highest BCUT2D eigenvalue weighted by molar-refractivity contribution is 4.64. The van der Waals surface area contributed by atoms with Crippen molar-refractivity contribution >= 4 is 0 Å². The first-order valence-corrected chi connectivity index (χ1v) is 2.39. The van der Waals surface area contributed by atoms with Gasteiger partial charge in [-0.25, -0.2) is 0 Å². The average molecular weight is 103 g/mol. The van der Waals surface area contributed by atoms with Gasteiger partial charge in [0.15, 0.2) is 0 Å². The van der Waals surface area contributed by atoms with Crippen LogP contribution in [0, 0.1) is 0 Å². The maximum Gasteiger partial charge on any atom is 0.132 e. The molecule has 3 heteroatoms. The Labute approximate surface area is 42.3 Å². The van der Waals surface area contributed by atoms with E-state index in [-0.39, 0.29) is 12.8 Å². The summed E-state index contributed by atoms with van der Waals surface area (Å²) in [5.41, 5.74) is 0. The summed E-state index contributed by atoms with van der Waals surface area (Å²) >= 11 is 0. The first-order valence-electron chi connectivity index (χ1n) is 2.39. The quantitative estimate of drug-likeness (QED) is 0.447. The molecule has 0 bridgehead atoms. The van der Waals surface area contributed by atoms with Crippen molar-refractivity contribution in [2.45, 2.75) is 6.23 Å². The molecule has 2 N–H and O–H groups in total. The molecule has 0 radical (unpaired) electrons. The van der Waals surface area contributed by atoms with E-state index in [0.29, 0.717) is 6.54 Å². The topological polar surface area (TPSA) is 44.8 Å². The summed E-state index contributed by atoms with van der Waals surface area (Å²) in [5, 5.41) is 11.2. The molecule has 1 atom stereocenters. The first kappa shape index (κ1) is 5.03. The van der Waals surface area contributed by atoms with E-state index in [2.05, 4.69) is 5.32 Å². The molecule has 7 heavy (non-hydrogen) atoms. The zero-order valence-corrected chi connectivity index (χ0v) is 4.05. The number of ether oxygens (including phenoxy) is 1. The predicted octanol–water partition coefficient (Wildman–Crippen LogP) is -1.08. The van der Waals surface area contributed by atoms with Crippen LogP contribution in [0.1, 0.15) is 0 Å². The third-order valence-electron chi connectivity index (χ3n) is 0.817. The van der Waals surface area contributed by atoms with Crippen LogP contribution in [-0.2, 0) is 4.74 Å². The maximum atomic E-state index is 8.22. The minimum absolute atomic E-state index is 0.194. The first-order chi connectivity index (χ1) is 3.43. The van der Waals surface area contributed by atoms with Crippen LogP contribution in [0.15, 0.2) is 0 Å². The summed E-state index contributed by atoms with van der Waals surface area (Å²) < 4.78 is 4.79. The van der Waals surface area contributed by atoms with Crippen LogP contribution in [0.4, 0.5) is 0 Å². The number of aliphatic hydroxyl groups excluding tert-OH is 1. The third kappa shape index (κ3) is 1.87. The maximum absolute atomic E-state index is 8.22. The fourth-order valence-electron chi connectivity index (χ4n) is 0.392. The van der Waals surface area contributed by atoms with Crippen LogP contribution >= 0.6 is 0 Å². The van der Waals surface area contributed by atoms with E-state index < -0.39 is 0 Å². The van der Waals surface area contributed by atoms with Crippen molar-refractivity contribution in [2.24, 2.45) is 0 Å². The number of hydrogen-bond donors (Lipinski definition) is 2. The zero-order chi connectivity index (χ0) is 5.11. The molecule has 1 aliphatic heterocycles. The lowest BCUT2D eigenvalue weighted by molar-refractivity contribution is 0.275. The SMILES string of the molecule is OCCNC1CO1. The van der Waals surface area contributed by atoms with Gasteiger partial charge in [0.25, 0.3) is 0 Å². The van der Waals surface area contributed by atoms with Gasteiger partial charge in [-0.05, 0) is 0 Å². The molecule has 0 spiro atoms. The van der Waals surface area contributed by atoms with Crippen LogP contribution in [0.25, 0.3) is 0 Å². The van der Waals surface area contributed by atoms with Crippen molar-refractivity contribution in [1.82, 2.24) is 5.32 Å². The molecule has 1 fully saturated rings. The summed E-state index contributed by atoms with van der Waals surface area (Å²) in [4.78, 5) is 0. The van der Waals surface area contributed by atoms with Crippen molar-refractivity contribution in [3.8, 4) is 0 Å². The van der Waals surface area contributed by atoms with Gasteiger partial charge in [0.05, 0.1) is 13.2 Å². The van der Waals surface area contributed by atoms with Gasteiger partial charge in [-0.15, -0.1) is 0 Å². The second kappa shape index (κ2) is 2.26. The van der Waals surface area contributed by atoms with Crippen LogP contribution in [0.5, 0.6) is 0 Å². The van der Waals surface area contributed by atoms with E-state index >= 15 is 0 Å². The smallest absolute Gasteiger partial charge is 0.132 e. The van der Waals surface area contributed by atoms with E-state index in [9.17, 15) is 0 Å². The summed E-state index contributed by atoms with van der Waals surface area (Å²) in [5.74, 6) is 0. The summed E-state index contributed by atoms with van der Waals surface area (Å²) in [6.07, 6.45) is 0.243. The lowest BCUT2D eigenvalue weighted by atomic mass is 10.6. The molecule has 0 aromatic heterocycles. The lowest BCUT2D eigenvalue weighted by Crippen LogP contribution is -2.20. The van der Waals surface area contributed by atoms with Crippen LogP contribution < -0.4 is 5.32 Å². The van der Waals surface area contributed by atoms with E-state index in [1.165, 1.54) is 0 Å². The zero-order valence-electron chi connectivity index (χ0n) is 4.05. The number of hydrogen-bond acceptors (Lipinski definition) is 3. The summed E-state index contributed by atoms with van der Waals surface area (Å²) in [7, 11) is 0. The van der Waals surface area contributed by atoms with E-state index in [0.717, 1.165) is 6.61 Å². The van der Waals surface area contributed by atoms with Crippen LogP contribution in [-0.4, -0.2) is 31.1 Å². The van der Waals surface area contributed by atoms with E-state index in [1.54, 1.807) is 0 Å². The largest absolute Gasteiger partial charge is 0.395 e. The lowest BCUT2D eigenvalue weighted by Gasteiger charge is -1.91. The molecule has 0 amide bonds. The van der Waals surface area contributed by atoms with Gasteiger partial charge in [-0.3, -0.25) is 5.32 Å². The van der Waals surface area contributed by atoms with Gasteiger partial charge in [0.1, 0.15) is 6.23 Å². The van der Waals surface area contributed by atoms with Gasteiger partial charge in [0, 0.05) is 6.54 Å². The number of nitrogens with one attached hydrogen (secondary N) is 1. The minimum Gasteiger partial charge on any atom is -0.395 e. The second-order valence-corrected chi connectivity index (χ2v) is 1.50.